The van der Waals surface area contributed by atoms with E-state index in [4.69, 9.17) is 0 Å². The van der Waals surface area contributed by atoms with Gasteiger partial charge in [0.1, 0.15) is 0 Å². The molecule has 2 N–H and O–H groups in total. The molecule has 146 valence electrons. The van der Waals surface area contributed by atoms with Crippen LogP contribution in [0, 0.1) is 0 Å². The highest BCUT2D eigenvalue weighted by Crippen LogP contribution is 2.35. The Bertz CT molecular complexity index is 982. The van der Waals surface area contributed by atoms with Gasteiger partial charge in [-0.2, -0.15) is 13.2 Å². The number of benzene rings is 2. The maximum atomic E-state index is 12.9. The van der Waals surface area contributed by atoms with Gasteiger partial charge in [-0.15, -0.1) is 11.3 Å². The largest absolute Gasteiger partial charge is 0.481 e. The van der Waals surface area contributed by atoms with E-state index in [2.05, 4.69) is 10.3 Å². The molecule has 28 heavy (non-hydrogen) atoms. The minimum absolute atomic E-state index is 0.215. The van der Waals surface area contributed by atoms with Gasteiger partial charge in [0.15, 0.2) is 5.13 Å². The van der Waals surface area contributed by atoms with Crippen LogP contribution in [-0.4, -0.2) is 16.1 Å². The topological polar surface area (TPSA) is 62.2 Å². The number of nitrogens with zero attached hydrogens (tertiary/aromatic N) is 1. The van der Waals surface area contributed by atoms with Crippen molar-refractivity contribution in [1.82, 2.24) is 4.98 Å². The monoisotopic (exact) mass is 406 g/mol. The third-order valence-electron chi connectivity index (χ3n) is 4.09. The summed E-state index contributed by atoms with van der Waals surface area (Å²) in [5.41, 5.74) is 1.89. The number of hydrogen-bond donors (Lipinski definition) is 2. The molecule has 0 spiro atoms. The smallest absolute Gasteiger partial charge is 0.416 e. The SMILES string of the molecule is CCc1ccc(-c2nc(Nc3cccc(C(F)(F)F)c3)sc2CC(=O)O)cc1. The van der Waals surface area contributed by atoms with E-state index in [0.29, 0.717) is 15.7 Å². The Balaban J connectivity index is 1.94. The van der Waals surface area contributed by atoms with Crippen molar-refractivity contribution in [2.75, 3.05) is 5.32 Å². The summed E-state index contributed by atoms with van der Waals surface area (Å²) in [7, 11) is 0. The molecule has 0 bridgehead atoms. The Morgan fingerprint density at radius 3 is 2.50 bits per heavy atom. The lowest BCUT2D eigenvalue weighted by Gasteiger charge is -2.08. The molecule has 0 aliphatic rings. The fraction of sp³-hybridized carbons (Fsp3) is 0.200. The number of carboxylic acids is 1. The van der Waals surface area contributed by atoms with E-state index in [1.807, 2.05) is 31.2 Å². The average Bonchev–Trinajstić information content (AvgIpc) is 3.02. The van der Waals surface area contributed by atoms with Crippen molar-refractivity contribution >= 4 is 28.1 Å². The highest BCUT2D eigenvalue weighted by molar-refractivity contribution is 7.16. The number of carboxylic acid groups (broad SMARTS) is 1. The molecule has 3 rings (SSSR count). The van der Waals surface area contributed by atoms with Gasteiger partial charge in [-0.3, -0.25) is 4.79 Å². The van der Waals surface area contributed by atoms with E-state index >= 15 is 0 Å². The molecule has 0 saturated heterocycles. The number of anilines is 2. The molecule has 2 aromatic carbocycles. The summed E-state index contributed by atoms with van der Waals surface area (Å²) < 4.78 is 38.7. The zero-order valence-electron chi connectivity index (χ0n) is 14.9. The first-order chi connectivity index (χ1) is 13.3. The number of aromatic nitrogens is 1. The number of alkyl halides is 3. The molecule has 3 aromatic rings. The molecule has 1 aromatic heterocycles. The second kappa shape index (κ2) is 8.02. The van der Waals surface area contributed by atoms with Gasteiger partial charge in [0.25, 0.3) is 0 Å². The Hall–Kier alpha value is -2.87. The lowest BCUT2D eigenvalue weighted by Crippen LogP contribution is -2.05. The number of thiazole rings is 1. The molecule has 0 atom stereocenters. The fourth-order valence-corrected chi connectivity index (χ4v) is 3.68. The molecule has 0 aliphatic heterocycles. The number of rotatable bonds is 6. The maximum Gasteiger partial charge on any atom is 0.416 e. The molecule has 0 fully saturated rings. The summed E-state index contributed by atoms with van der Waals surface area (Å²) in [6.07, 6.45) is -3.78. The van der Waals surface area contributed by atoms with Crippen LogP contribution < -0.4 is 5.32 Å². The van der Waals surface area contributed by atoms with E-state index in [1.165, 1.54) is 12.1 Å². The van der Waals surface area contributed by atoms with Crippen molar-refractivity contribution < 1.29 is 23.1 Å². The van der Waals surface area contributed by atoms with E-state index in [-0.39, 0.29) is 12.1 Å². The molecule has 8 heteroatoms. The van der Waals surface area contributed by atoms with Gasteiger partial charge in [-0.05, 0) is 30.2 Å². The highest BCUT2D eigenvalue weighted by Gasteiger charge is 2.30. The van der Waals surface area contributed by atoms with Crippen LogP contribution in [0.15, 0.2) is 48.5 Å². The third-order valence-corrected chi connectivity index (χ3v) is 5.06. The van der Waals surface area contributed by atoms with Crippen LogP contribution in [0.3, 0.4) is 0 Å². The van der Waals surface area contributed by atoms with E-state index in [1.54, 1.807) is 0 Å². The van der Waals surface area contributed by atoms with Crippen molar-refractivity contribution in [3.8, 4) is 11.3 Å². The van der Waals surface area contributed by atoms with Crippen LogP contribution in [0.25, 0.3) is 11.3 Å². The minimum Gasteiger partial charge on any atom is -0.481 e. The first kappa shape index (κ1) is 19.9. The van der Waals surface area contributed by atoms with Crippen molar-refractivity contribution in [2.24, 2.45) is 0 Å². The van der Waals surface area contributed by atoms with Crippen LogP contribution in [0.4, 0.5) is 24.0 Å². The molecular weight excluding hydrogens is 389 g/mol. The van der Waals surface area contributed by atoms with Crippen LogP contribution in [0.2, 0.25) is 0 Å². The Morgan fingerprint density at radius 1 is 1.18 bits per heavy atom. The first-order valence-corrected chi connectivity index (χ1v) is 9.33. The van der Waals surface area contributed by atoms with E-state index in [9.17, 15) is 23.1 Å². The number of halogens is 3. The second-order valence-electron chi connectivity index (χ2n) is 6.12. The van der Waals surface area contributed by atoms with Crippen LogP contribution in [-0.2, 0) is 23.8 Å². The van der Waals surface area contributed by atoms with Gasteiger partial charge in [-0.1, -0.05) is 37.3 Å². The summed E-state index contributed by atoms with van der Waals surface area (Å²) in [5, 5.41) is 12.4. The van der Waals surface area contributed by atoms with Crippen LogP contribution >= 0.6 is 11.3 Å². The zero-order valence-corrected chi connectivity index (χ0v) is 15.7. The Kier molecular flexibility index (Phi) is 5.69. The maximum absolute atomic E-state index is 12.9. The number of nitrogens with one attached hydrogen (secondary N) is 1. The number of hydrogen-bond acceptors (Lipinski definition) is 4. The van der Waals surface area contributed by atoms with Gasteiger partial charge in [0, 0.05) is 16.1 Å². The number of aryl methyl sites for hydroxylation is 1. The van der Waals surface area contributed by atoms with Crippen molar-refractivity contribution in [3.63, 3.8) is 0 Å². The molecule has 0 saturated carbocycles. The summed E-state index contributed by atoms with van der Waals surface area (Å²) in [6.45, 7) is 2.03. The summed E-state index contributed by atoms with van der Waals surface area (Å²) in [6, 6.07) is 12.4. The molecule has 0 amide bonds. The van der Waals surface area contributed by atoms with Crippen molar-refractivity contribution in [3.05, 3.63) is 64.5 Å². The lowest BCUT2D eigenvalue weighted by atomic mass is 10.1. The Labute approximate surface area is 163 Å². The highest BCUT2D eigenvalue weighted by atomic mass is 32.1. The van der Waals surface area contributed by atoms with Crippen LogP contribution in [0.5, 0.6) is 0 Å². The summed E-state index contributed by atoms with van der Waals surface area (Å²) in [4.78, 5) is 16.2. The van der Waals surface area contributed by atoms with Crippen molar-refractivity contribution in [2.45, 2.75) is 25.9 Å². The lowest BCUT2D eigenvalue weighted by molar-refractivity contribution is -0.138. The first-order valence-electron chi connectivity index (χ1n) is 8.51. The van der Waals surface area contributed by atoms with E-state index in [0.717, 1.165) is 41.0 Å². The Morgan fingerprint density at radius 2 is 1.89 bits per heavy atom. The number of aliphatic carboxylic acids is 1. The average molecular weight is 406 g/mol. The van der Waals surface area contributed by atoms with Gasteiger partial charge < -0.3 is 10.4 Å². The molecule has 1 heterocycles. The van der Waals surface area contributed by atoms with Gasteiger partial charge in [-0.25, -0.2) is 4.98 Å². The van der Waals surface area contributed by atoms with Crippen molar-refractivity contribution in [1.29, 1.82) is 0 Å². The predicted molar refractivity (Wildman–Crippen MR) is 103 cm³/mol. The standard InChI is InChI=1S/C20H17F3N2O2S/c1-2-12-6-8-13(9-7-12)18-16(11-17(26)27)28-19(25-18)24-15-5-3-4-14(10-15)20(21,22)23/h3-10H,2,11H2,1H3,(H,24,25)(H,26,27). The number of carbonyl (C=O) groups is 1. The van der Waals surface area contributed by atoms with Crippen LogP contribution in [0.1, 0.15) is 22.9 Å². The molecule has 0 aliphatic carbocycles. The molecule has 0 radical (unpaired) electrons. The quantitative estimate of drug-likeness (QED) is 0.546. The molecule has 4 nitrogen and oxygen atoms in total. The summed E-state index contributed by atoms with van der Waals surface area (Å²) >= 11 is 1.12. The predicted octanol–water partition coefficient (Wildman–Crippen LogP) is 5.76. The van der Waals surface area contributed by atoms with Gasteiger partial charge >= 0.3 is 12.1 Å². The zero-order chi connectivity index (χ0) is 20.3. The minimum atomic E-state index is -4.44. The molecule has 0 unspecified atom stereocenters. The molecular formula is C20H17F3N2O2S. The van der Waals surface area contributed by atoms with E-state index < -0.39 is 17.7 Å². The fourth-order valence-electron chi connectivity index (χ4n) is 2.68. The van der Waals surface area contributed by atoms with Gasteiger partial charge in [0.05, 0.1) is 17.7 Å². The normalized spacial score (nSPS) is 11.4. The second-order valence-corrected chi connectivity index (χ2v) is 7.20. The summed E-state index contributed by atoms with van der Waals surface area (Å²) in [5.74, 6) is -0.999. The van der Waals surface area contributed by atoms with Gasteiger partial charge in [0.2, 0.25) is 0 Å². The third kappa shape index (κ3) is 4.69.